The molecule has 0 fully saturated rings. The third kappa shape index (κ3) is 3.67. The van der Waals surface area contributed by atoms with Gasteiger partial charge < -0.3 is 10.0 Å². The lowest BCUT2D eigenvalue weighted by Crippen LogP contribution is -2.39. The summed E-state index contributed by atoms with van der Waals surface area (Å²) in [7, 11) is 1.71. The summed E-state index contributed by atoms with van der Waals surface area (Å²) >= 11 is 2.96. The number of carboxylic acids is 1. The van der Waals surface area contributed by atoms with E-state index in [1.165, 1.54) is 11.3 Å². The summed E-state index contributed by atoms with van der Waals surface area (Å²) in [5.41, 5.74) is 0.893. The lowest BCUT2D eigenvalue weighted by molar-refractivity contribution is 0.0697. The van der Waals surface area contributed by atoms with E-state index in [4.69, 9.17) is 0 Å². The van der Waals surface area contributed by atoms with Crippen molar-refractivity contribution in [3.8, 4) is 0 Å². The van der Waals surface area contributed by atoms with Crippen LogP contribution in [0.1, 0.15) is 27.7 Å². The molecule has 0 aliphatic rings. The molecule has 0 spiro atoms. The number of carboxylic acid groups (broad SMARTS) is 1. The number of hydrogen-bond donors (Lipinski definition) is 2. The fraction of sp³-hybridized carbons (Fsp3) is 0.538. The molecular formula is C13H20N2O3S2. The Morgan fingerprint density at radius 1 is 1.45 bits per heavy atom. The summed E-state index contributed by atoms with van der Waals surface area (Å²) in [4.78, 5) is 25.9. The van der Waals surface area contributed by atoms with E-state index in [1.807, 2.05) is 20.1 Å². The average molecular weight is 316 g/mol. The normalized spacial score (nSPS) is 12.1. The Labute approximate surface area is 127 Å². The first-order valence-corrected chi connectivity index (χ1v) is 8.36. The molecule has 1 aromatic rings. The molecule has 2 N–H and O–H groups in total. The number of carbonyl (C=O) groups excluding carboxylic acids is 1. The molecule has 0 aliphatic heterocycles. The molecule has 1 aromatic heterocycles. The zero-order chi connectivity index (χ0) is 15.4. The van der Waals surface area contributed by atoms with Crippen LogP contribution in [0.4, 0.5) is 9.80 Å². The lowest BCUT2D eigenvalue weighted by Gasteiger charge is -2.24. The van der Waals surface area contributed by atoms with Crippen molar-refractivity contribution in [2.45, 2.75) is 26.8 Å². The highest BCUT2D eigenvalue weighted by Gasteiger charge is 2.22. The number of hydrogen-bond acceptors (Lipinski definition) is 4. The number of anilines is 1. The topological polar surface area (TPSA) is 69.6 Å². The van der Waals surface area contributed by atoms with Gasteiger partial charge in [0, 0.05) is 23.7 Å². The van der Waals surface area contributed by atoms with Gasteiger partial charge in [0.05, 0.1) is 5.56 Å². The van der Waals surface area contributed by atoms with Crippen LogP contribution in [0.3, 0.4) is 0 Å². The van der Waals surface area contributed by atoms with Crippen molar-refractivity contribution in [2.24, 2.45) is 0 Å². The van der Waals surface area contributed by atoms with Gasteiger partial charge in [0.25, 0.3) is 0 Å². The van der Waals surface area contributed by atoms with Crippen LogP contribution in [0.25, 0.3) is 0 Å². The number of rotatable bonds is 5. The van der Waals surface area contributed by atoms with Crippen LogP contribution >= 0.6 is 23.1 Å². The van der Waals surface area contributed by atoms with Crippen molar-refractivity contribution in [2.75, 3.05) is 24.4 Å². The minimum absolute atomic E-state index is 0.0837. The highest BCUT2D eigenvalue weighted by atomic mass is 32.2. The summed E-state index contributed by atoms with van der Waals surface area (Å²) in [5.74, 6) is -0.181. The molecule has 1 rings (SSSR count). The molecule has 1 heterocycles. The number of carbonyl (C=O) groups is 2. The lowest BCUT2D eigenvalue weighted by atomic mass is 10.1. The van der Waals surface area contributed by atoms with Crippen molar-refractivity contribution in [3.63, 3.8) is 0 Å². The maximum absolute atomic E-state index is 12.1. The van der Waals surface area contributed by atoms with E-state index in [2.05, 4.69) is 5.32 Å². The second-order valence-corrected chi connectivity index (χ2v) is 6.77. The van der Waals surface area contributed by atoms with E-state index < -0.39 is 5.97 Å². The van der Waals surface area contributed by atoms with E-state index in [0.717, 1.165) is 10.6 Å². The zero-order valence-corrected chi connectivity index (χ0v) is 13.9. The van der Waals surface area contributed by atoms with Gasteiger partial charge in [-0.25, -0.2) is 9.59 Å². The Balaban J connectivity index is 2.91. The smallest absolute Gasteiger partial charge is 0.338 e. The molecule has 20 heavy (non-hydrogen) atoms. The van der Waals surface area contributed by atoms with Crippen LogP contribution in [0.5, 0.6) is 0 Å². The Morgan fingerprint density at radius 3 is 2.55 bits per heavy atom. The van der Waals surface area contributed by atoms with E-state index in [9.17, 15) is 14.7 Å². The number of thioether (sulfide) groups is 1. The summed E-state index contributed by atoms with van der Waals surface area (Å²) in [6, 6.07) is -0.198. The van der Waals surface area contributed by atoms with Crippen LogP contribution in [0.2, 0.25) is 0 Å². The maximum Gasteiger partial charge on any atom is 0.338 e. The number of nitrogens with one attached hydrogen (secondary N) is 1. The molecule has 112 valence electrons. The number of aromatic carboxylic acids is 1. The van der Waals surface area contributed by atoms with E-state index in [-0.39, 0.29) is 17.6 Å². The Kier molecular flexibility index (Phi) is 5.88. The second-order valence-electron chi connectivity index (χ2n) is 4.64. The van der Waals surface area contributed by atoms with Gasteiger partial charge in [-0.05, 0) is 32.6 Å². The largest absolute Gasteiger partial charge is 0.478 e. The molecular weight excluding hydrogens is 296 g/mol. The highest BCUT2D eigenvalue weighted by molar-refractivity contribution is 7.98. The third-order valence-corrected chi connectivity index (χ3v) is 5.15. The van der Waals surface area contributed by atoms with Gasteiger partial charge in [-0.2, -0.15) is 11.8 Å². The predicted molar refractivity (Wildman–Crippen MR) is 85.4 cm³/mol. The van der Waals surface area contributed by atoms with Gasteiger partial charge >= 0.3 is 12.0 Å². The van der Waals surface area contributed by atoms with E-state index in [0.29, 0.717) is 10.6 Å². The number of thiophene rings is 1. The molecule has 0 aromatic carbocycles. The molecule has 0 aliphatic carbocycles. The summed E-state index contributed by atoms with van der Waals surface area (Å²) in [5, 5.41) is 12.4. The molecule has 1 atom stereocenters. The van der Waals surface area contributed by atoms with Gasteiger partial charge in [-0.15, -0.1) is 11.3 Å². The second kappa shape index (κ2) is 6.99. The number of aryl methyl sites for hydroxylation is 1. The quantitative estimate of drug-likeness (QED) is 0.874. The van der Waals surface area contributed by atoms with Crippen molar-refractivity contribution >= 4 is 40.1 Å². The predicted octanol–water partition coefficient (Wildman–Crippen LogP) is 3.28. The minimum Gasteiger partial charge on any atom is -0.478 e. The van der Waals surface area contributed by atoms with Crippen molar-refractivity contribution < 1.29 is 14.7 Å². The molecule has 5 nitrogen and oxygen atoms in total. The SMILES string of the molecule is CSCC(C)N(C)C(=O)Nc1sc(C)c(C)c1C(=O)O. The van der Waals surface area contributed by atoms with Crippen LogP contribution < -0.4 is 5.32 Å². The first-order valence-electron chi connectivity index (χ1n) is 6.15. The Morgan fingerprint density at radius 2 is 2.05 bits per heavy atom. The Hall–Kier alpha value is -1.21. The number of urea groups is 1. The van der Waals surface area contributed by atoms with Gasteiger partial charge in [-0.1, -0.05) is 0 Å². The molecule has 0 saturated carbocycles. The summed E-state index contributed by atoms with van der Waals surface area (Å²) in [6.07, 6.45) is 1.98. The van der Waals surface area contributed by atoms with E-state index in [1.54, 1.807) is 30.6 Å². The van der Waals surface area contributed by atoms with Gasteiger partial charge in [0.2, 0.25) is 0 Å². The van der Waals surface area contributed by atoms with Crippen LogP contribution in [0, 0.1) is 13.8 Å². The van der Waals surface area contributed by atoms with Crippen molar-refractivity contribution in [1.82, 2.24) is 4.90 Å². The Bertz CT molecular complexity index is 514. The summed E-state index contributed by atoms with van der Waals surface area (Å²) < 4.78 is 0. The standard InChI is InChI=1S/C13H20N2O3S2/c1-7(6-19-5)15(4)13(18)14-11-10(12(16)17)8(2)9(3)20-11/h7H,6H2,1-5H3,(H,14,18)(H,16,17). The van der Waals surface area contributed by atoms with Crippen molar-refractivity contribution in [3.05, 3.63) is 16.0 Å². The molecule has 1 unspecified atom stereocenters. The van der Waals surface area contributed by atoms with Crippen LogP contribution in [0.15, 0.2) is 0 Å². The number of amides is 2. The molecule has 0 saturated heterocycles. The highest BCUT2D eigenvalue weighted by Crippen LogP contribution is 2.32. The van der Waals surface area contributed by atoms with Gasteiger partial charge in [0.15, 0.2) is 0 Å². The fourth-order valence-corrected chi connectivity index (χ4v) is 3.46. The minimum atomic E-state index is -1.01. The molecule has 0 radical (unpaired) electrons. The number of nitrogens with zero attached hydrogens (tertiary/aromatic N) is 1. The molecule has 7 heteroatoms. The van der Waals surface area contributed by atoms with Crippen molar-refractivity contribution in [1.29, 1.82) is 0 Å². The fourth-order valence-electron chi connectivity index (χ4n) is 1.71. The average Bonchev–Trinajstić information content (AvgIpc) is 2.63. The zero-order valence-electron chi connectivity index (χ0n) is 12.3. The molecule has 2 amide bonds. The maximum atomic E-state index is 12.1. The van der Waals surface area contributed by atoms with Crippen LogP contribution in [-0.4, -0.2) is 47.1 Å². The summed E-state index contributed by atoms with van der Waals surface area (Å²) in [6.45, 7) is 5.56. The monoisotopic (exact) mass is 316 g/mol. The third-order valence-electron chi connectivity index (χ3n) is 3.21. The van der Waals surface area contributed by atoms with Crippen LogP contribution in [-0.2, 0) is 0 Å². The first kappa shape index (κ1) is 16.8. The molecule has 0 bridgehead atoms. The first-order chi connectivity index (χ1) is 9.29. The van der Waals surface area contributed by atoms with Gasteiger partial charge in [0.1, 0.15) is 5.00 Å². The van der Waals surface area contributed by atoms with E-state index >= 15 is 0 Å². The van der Waals surface area contributed by atoms with Gasteiger partial charge in [-0.3, -0.25) is 5.32 Å².